The van der Waals surface area contributed by atoms with Gasteiger partial charge in [-0.15, -0.1) is 11.3 Å². The smallest absolute Gasteiger partial charge is 0.231 e. The number of benzene rings is 1. The zero-order valence-electron chi connectivity index (χ0n) is 10.3. The Labute approximate surface area is 114 Å². The molecule has 5 heteroatoms. The summed E-state index contributed by atoms with van der Waals surface area (Å²) in [5.74, 6) is 1.23. The van der Waals surface area contributed by atoms with Crippen molar-refractivity contribution in [3.63, 3.8) is 0 Å². The number of carbonyl (C=O) groups is 1. The molecule has 19 heavy (non-hydrogen) atoms. The molecule has 0 N–H and O–H groups in total. The molecular weight excluding hydrogens is 262 g/mol. The van der Waals surface area contributed by atoms with E-state index in [0.717, 1.165) is 10.6 Å². The van der Waals surface area contributed by atoms with Crippen molar-refractivity contribution in [3.8, 4) is 11.5 Å². The molecule has 2 heterocycles. The van der Waals surface area contributed by atoms with Gasteiger partial charge in [-0.25, -0.2) is 4.98 Å². The Morgan fingerprint density at radius 1 is 1.37 bits per heavy atom. The number of allylic oxidation sites excluding steroid dienone is 1. The van der Waals surface area contributed by atoms with E-state index in [1.54, 1.807) is 35.9 Å². The summed E-state index contributed by atoms with van der Waals surface area (Å²) >= 11 is 1.51. The molecule has 0 bridgehead atoms. The highest BCUT2D eigenvalue weighted by Gasteiger charge is 2.15. The van der Waals surface area contributed by atoms with Crippen LogP contribution < -0.4 is 9.47 Å². The number of ether oxygens (including phenoxy) is 2. The summed E-state index contributed by atoms with van der Waals surface area (Å²) in [5.41, 5.74) is 3.28. The van der Waals surface area contributed by atoms with Gasteiger partial charge in [0.05, 0.1) is 11.2 Å². The molecule has 2 aromatic rings. The third-order valence-electron chi connectivity index (χ3n) is 2.83. The van der Waals surface area contributed by atoms with Gasteiger partial charge in [0.15, 0.2) is 17.3 Å². The normalized spacial score (nSPS) is 13.1. The monoisotopic (exact) mass is 273 g/mol. The van der Waals surface area contributed by atoms with Gasteiger partial charge in [0, 0.05) is 10.4 Å². The maximum Gasteiger partial charge on any atom is 0.231 e. The number of aromatic nitrogens is 1. The molecule has 1 aliphatic heterocycles. The Kier molecular flexibility index (Phi) is 3.05. The lowest BCUT2D eigenvalue weighted by molar-refractivity contribution is 0.104. The van der Waals surface area contributed by atoms with Gasteiger partial charge >= 0.3 is 0 Å². The SMILES string of the molecule is Cc1ncsc1C=CC(=O)c1ccc2c(c1)OCO2. The second kappa shape index (κ2) is 4.85. The Balaban J connectivity index is 1.81. The first-order valence-electron chi connectivity index (χ1n) is 5.76. The number of aryl methyl sites for hydroxylation is 1. The lowest BCUT2D eigenvalue weighted by Crippen LogP contribution is -1.94. The van der Waals surface area contributed by atoms with Gasteiger partial charge in [0.1, 0.15) is 0 Å². The lowest BCUT2D eigenvalue weighted by atomic mass is 10.1. The molecule has 0 aliphatic carbocycles. The maximum atomic E-state index is 12.1. The van der Waals surface area contributed by atoms with E-state index < -0.39 is 0 Å². The molecule has 3 rings (SSSR count). The van der Waals surface area contributed by atoms with Crippen molar-refractivity contribution >= 4 is 23.2 Å². The van der Waals surface area contributed by atoms with E-state index in [2.05, 4.69) is 4.98 Å². The quantitative estimate of drug-likeness (QED) is 0.637. The molecule has 1 aliphatic rings. The maximum absolute atomic E-state index is 12.1. The van der Waals surface area contributed by atoms with Crippen LogP contribution in [0.2, 0.25) is 0 Å². The minimum atomic E-state index is -0.0638. The van der Waals surface area contributed by atoms with E-state index in [-0.39, 0.29) is 12.6 Å². The molecule has 0 saturated carbocycles. The first kappa shape index (κ1) is 11.9. The van der Waals surface area contributed by atoms with E-state index in [1.807, 2.05) is 6.92 Å². The van der Waals surface area contributed by atoms with E-state index >= 15 is 0 Å². The summed E-state index contributed by atoms with van der Waals surface area (Å²) in [4.78, 5) is 17.2. The number of rotatable bonds is 3. The summed E-state index contributed by atoms with van der Waals surface area (Å²) < 4.78 is 10.5. The molecule has 1 aromatic heterocycles. The van der Waals surface area contributed by atoms with Crippen LogP contribution in [0.3, 0.4) is 0 Å². The van der Waals surface area contributed by atoms with Gasteiger partial charge in [-0.1, -0.05) is 0 Å². The van der Waals surface area contributed by atoms with Crippen LogP contribution in [0.4, 0.5) is 0 Å². The van der Waals surface area contributed by atoms with Crippen LogP contribution in [0.1, 0.15) is 20.9 Å². The number of thiazole rings is 1. The molecule has 1 aromatic carbocycles. The van der Waals surface area contributed by atoms with Crippen LogP contribution >= 0.6 is 11.3 Å². The molecule has 0 saturated heterocycles. The number of hydrogen-bond acceptors (Lipinski definition) is 5. The summed E-state index contributed by atoms with van der Waals surface area (Å²) in [6.45, 7) is 2.13. The fourth-order valence-electron chi connectivity index (χ4n) is 1.77. The van der Waals surface area contributed by atoms with Crippen molar-refractivity contribution in [2.45, 2.75) is 6.92 Å². The van der Waals surface area contributed by atoms with Crippen molar-refractivity contribution in [1.82, 2.24) is 4.98 Å². The summed E-state index contributed by atoms with van der Waals surface area (Å²) in [7, 11) is 0. The van der Waals surface area contributed by atoms with Crippen molar-refractivity contribution in [3.05, 3.63) is 45.9 Å². The summed E-state index contributed by atoms with van der Waals surface area (Å²) in [6.07, 6.45) is 3.35. The van der Waals surface area contributed by atoms with Gasteiger partial charge in [-0.2, -0.15) is 0 Å². The molecule has 4 nitrogen and oxygen atoms in total. The zero-order chi connectivity index (χ0) is 13.2. The highest BCUT2D eigenvalue weighted by molar-refractivity contribution is 7.10. The molecule has 96 valence electrons. The van der Waals surface area contributed by atoms with Gasteiger partial charge in [-0.3, -0.25) is 4.79 Å². The molecule has 0 amide bonds. The van der Waals surface area contributed by atoms with E-state index in [4.69, 9.17) is 9.47 Å². The Morgan fingerprint density at radius 3 is 3.00 bits per heavy atom. The van der Waals surface area contributed by atoms with E-state index in [0.29, 0.717) is 17.1 Å². The predicted molar refractivity (Wildman–Crippen MR) is 72.8 cm³/mol. The van der Waals surface area contributed by atoms with Crippen molar-refractivity contribution in [2.75, 3.05) is 6.79 Å². The first-order chi connectivity index (χ1) is 9.24. The lowest BCUT2D eigenvalue weighted by Gasteiger charge is -1.98. The number of fused-ring (bicyclic) bond motifs is 1. The van der Waals surface area contributed by atoms with Gasteiger partial charge < -0.3 is 9.47 Å². The van der Waals surface area contributed by atoms with Crippen LogP contribution in [-0.2, 0) is 0 Å². The molecular formula is C14H11NO3S. The third-order valence-corrected chi connectivity index (χ3v) is 3.72. The van der Waals surface area contributed by atoms with E-state index in [1.165, 1.54) is 11.3 Å². The first-order valence-corrected chi connectivity index (χ1v) is 6.64. The van der Waals surface area contributed by atoms with Crippen LogP contribution in [0.25, 0.3) is 6.08 Å². The summed E-state index contributed by atoms with van der Waals surface area (Å²) in [5, 5.41) is 0. The van der Waals surface area contributed by atoms with Crippen LogP contribution in [0, 0.1) is 6.92 Å². The minimum absolute atomic E-state index is 0.0638. The highest BCUT2D eigenvalue weighted by atomic mass is 32.1. The highest BCUT2D eigenvalue weighted by Crippen LogP contribution is 2.32. The largest absolute Gasteiger partial charge is 0.454 e. The average molecular weight is 273 g/mol. The van der Waals surface area contributed by atoms with Gasteiger partial charge in [0.25, 0.3) is 0 Å². The second-order valence-corrected chi connectivity index (χ2v) is 4.95. The number of ketones is 1. The molecule has 0 spiro atoms. The van der Waals surface area contributed by atoms with Crippen molar-refractivity contribution < 1.29 is 14.3 Å². The zero-order valence-corrected chi connectivity index (χ0v) is 11.1. The number of hydrogen-bond donors (Lipinski definition) is 0. The Morgan fingerprint density at radius 2 is 2.21 bits per heavy atom. The Bertz CT molecular complexity index is 660. The van der Waals surface area contributed by atoms with Crippen molar-refractivity contribution in [1.29, 1.82) is 0 Å². The predicted octanol–water partition coefficient (Wildman–Crippen LogP) is 3.08. The fraction of sp³-hybridized carbons (Fsp3) is 0.143. The second-order valence-electron chi connectivity index (χ2n) is 4.07. The van der Waals surface area contributed by atoms with Crippen LogP contribution in [0.15, 0.2) is 29.8 Å². The van der Waals surface area contributed by atoms with Crippen molar-refractivity contribution in [2.24, 2.45) is 0 Å². The van der Waals surface area contributed by atoms with Gasteiger partial charge in [0.2, 0.25) is 6.79 Å². The fourth-order valence-corrected chi connectivity index (χ4v) is 2.46. The minimum Gasteiger partial charge on any atom is -0.454 e. The average Bonchev–Trinajstić information content (AvgIpc) is 3.03. The van der Waals surface area contributed by atoms with Crippen LogP contribution in [-0.4, -0.2) is 17.6 Å². The van der Waals surface area contributed by atoms with E-state index in [9.17, 15) is 4.79 Å². The molecule has 0 atom stereocenters. The molecule has 0 radical (unpaired) electrons. The number of nitrogens with zero attached hydrogens (tertiary/aromatic N) is 1. The Hall–Kier alpha value is -2.14. The summed E-state index contributed by atoms with van der Waals surface area (Å²) in [6, 6.07) is 5.19. The number of carbonyl (C=O) groups excluding carboxylic acids is 1. The van der Waals surface area contributed by atoms with Gasteiger partial charge in [-0.05, 0) is 37.3 Å². The molecule has 0 fully saturated rings. The standard InChI is InChI=1S/C14H11NO3S/c1-9-14(19-7-15-9)5-3-11(16)10-2-4-12-13(6-10)18-8-17-12/h2-7H,8H2,1H3. The third kappa shape index (κ3) is 2.37. The van der Waals surface area contributed by atoms with Crippen LogP contribution in [0.5, 0.6) is 11.5 Å². The molecule has 0 unspecified atom stereocenters. The topological polar surface area (TPSA) is 48.4 Å².